The lowest BCUT2D eigenvalue weighted by Crippen LogP contribution is -2.45. The van der Waals surface area contributed by atoms with Crippen molar-refractivity contribution in [2.75, 3.05) is 13.2 Å². The highest BCUT2D eigenvalue weighted by Crippen LogP contribution is 2.21. The van der Waals surface area contributed by atoms with Crippen LogP contribution < -0.4 is 5.32 Å². The third-order valence-corrected chi connectivity index (χ3v) is 20.2. The Hall–Kier alpha value is -1.92. The molecular formula is C87H167NO5. The molecule has 0 aromatic carbocycles. The van der Waals surface area contributed by atoms with Crippen LogP contribution in [0, 0.1) is 0 Å². The van der Waals surface area contributed by atoms with E-state index in [2.05, 4.69) is 43.5 Å². The van der Waals surface area contributed by atoms with Gasteiger partial charge in [0.15, 0.2) is 0 Å². The second-order valence-corrected chi connectivity index (χ2v) is 29.5. The van der Waals surface area contributed by atoms with Gasteiger partial charge in [-0.1, -0.05) is 442 Å². The third kappa shape index (κ3) is 79.0. The number of nitrogens with one attached hydrogen (secondary N) is 1. The molecule has 0 aliphatic carbocycles. The first kappa shape index (κ1) is 91.1. The molecule has 0 saturated carbocycles. The Bertz CT molecular complexity index is 1510. The molecule has 0 aromatic heterocycles. The van der Waals surface area contributed by atoms with E-state index in [1.807, 2.05) is 6.08 Å². The molecule has 6 heteroatoms. The standard InChI is InChI=1S/C87H167NO5/c1-3-5-7-9-11-13-15-17-19-21-23-24-25-37-40-44-47-51-55-59-63-67-71-75-79-85(90)84(83-89)88-86(91)80-76-72-68-64-60-56-52-48-45-41-38-35-33-31-29-27-26-28-30-32-34-36-39-42-46-50-54-58-62-66-70-74-78-82-93-87(92)81-77-73-69-65-61-57-53-49-43-22-20-18-16-14-12-10-8-6-4-2/h12,14,18,20,75,79,84-85,89-90H,3-11,13,15-17,19,21-74,76-78,80-83H2,1-2H3,(H,88,91)/b14-12-,20-18-,79-75+. The van der Waals surface area contributed by atoms with Gasteiger partial charge in [-0.15, -0.1) is 0 Å². The van der Waals surface area contributed by atoms with Crippen LogP contribution in [0.25, 0.3) is 0 Å². The van der Waals surface area contributed by atoms with Crippen LogP contribution in [0.15, 0.2) is 36.5 Å². The van der Waals surface area contributed by atoms with E-state index in [1.165, 1.54) is 405 Å². The van der Waals surface area contributed by atoms with Crippen LogP contribution in [-0.2, 0) is 14.3 Å². The molecule has 3 N–H and O–H groups in total. The summed E-state index contributed by atoms with van der Waals surface area (Å²) in [5.41, 5.74) is 0. The summed E-state index contributed by atoms with van der Waals surface area (Å²) in [5, 5.41) is 23.3. The van der Waals surface area contributed by atoms with Gasteiger partial charge in [0, 0.05) is 12.8 Å². The highest BCUT2D eigenvalue weighted by molar-refractivity contribution is 5.76. The monoisotopic (exact) mass is 1310 g/mol. The van der Waals surface area contributed by atoms with Crippen LogP contribution in [0.4, 0.5) is 0 Å². The Morgan fingerprint density at radius 3 is 0.839 bits per heavy atom. The summed E-state index contributed by atoms with van der Waals surface area (Å²) < 4.78 is 5.52. The number of amides is 1. The summed E-state index contributed by atoms with van der Waals surface area (Å²) in [7, 11) is 0. The zero-order valence-corrected chi connectivity index (χ0v) is 63.3. The van der Waals surface area contributed by atoms with E-state index in [4.69, 9.17) is 4.74 Å². The Morgan fingerprint density at radius 1 is 0.301 bits per heavy atom. The molecule has 0 fully saturated rings. The molecule has 0 radical (unpaired) electrons. The molecule has 0 heterocycles. The Morgan fingerprint density at radius 2 is 0.538 bits per heavy atom. The number of ether oxygens (including phenoxy) is 1. The van der Waals surface area contributed by atoms with Gasteiger partial charge < -0.3 is 20.3 Å². The van der Waals surface area contributed by atoms with Gasteiger partial charge >= 0.3 is 5.97 Å². The summed E-state index contributed by atoms with van der Waals surface area (Å²) in [6, 6.07) is -0.626. The number of hydrogen-bond donors (Lipinski definition) is 3. The maximum atomic E-state index is 12.6. The average Bonchev–Trinajstić information content (AvgIpc) is 3.78. The SMILES string of the molecule is CCCCC/C=C\C/C=C\CCCCCCCCCCCC(=O)OCCCCCCCCCCCCCCCCCCCCCCCCCCCCCCCCCCCC(=O)NC(CO)C(O)/C=C/CCCCCCCCCCCCCCCCCCCCCCCC. The first-order chi connectivity index (χ1) is 46.0. The van der Waals surface area contributed by atoms with Gasteiger partial charge in [0.05, 0.1) is 25.4 Å². The number of aliphatic hydroxyl groups excluding tert-OH is 2. The molecular weight excluding hydrogens is 1140 g/mol. The summed E-state index contributed by atoms with van der Waals surface area (Å²) in [6.07, 6.45) is 109. The fourth-order valence-electron chi connectivity index (χ4n) is 13.7. The highest BCUT2D eigenvalue weighted by atomic mass is 16.5. The van der Waals surface area contributed by atoms with Crippen LogP contribution in [0.2, 0.25) is 0 Å². The van der Waals surface area contributed by atoms with Crippen molar-refractivity contribution in [3.05, 3.63) is 36.5 Å². The summed E-state index contributed by atoms with van der Waals surface area (Å²) in [6.45, 7) is 4.94. The smallest absolute Gasteiger partial charge is 0.305 e. The minimum Gasteiger partial charge on any atom is -0.466 e. The van der Waals surface area contributed by atoms with Gasteiger partial charge in [0.2, 0.25) is 5.91 Å². The van der Waals surface area contributed by atoms with Crippen molar-refractivity contribution in [2.45, 2.75) is 495 Å². The predicted molar refractivity (Wildman–Crippen MR) is 412 cm³/mol. The molecule has 1 amide bonds. The lowest BCUT2D eigenvalue weighted by Gasteiger charge is -2.20. The number of allylic oxidation sites excluding steroid dienone is 5. The van der Waals surface area contributed by atoms with Crippen LogP contribution >= 0.6 is 0 Å². The zero-order chi connectivity index (χ0) is 67.0. The maximum Gasteiger partial charge on any atom is 0.305 e. The van der Waals surface area contributed by atoms with Gasteiger partial charge in [-0.3, -0.25) is 9.59 Å². The van der Waals surface area contributed by atoms with Crippen molar-refractivity contribution in [3.63, 3.8) is 0 Å². The van der Waals surface area contributed by atoms with E-state index in [0.29, 0.717) is 19.4 Å². The molecule has 0 rings (SSSR count). The number of carbonyl (C=O) groups excluding carboxylic acids is 2. The van der Waals surface area contributed by atoms with Crippen molar-refractivity contribution in [1.29, 1.82) is 0 Å². The minimum atomic E-state index is -0.843. The third-order valence-electron chi connectivity index (χ3n) is 20.2. The van der Waals surface area contributed by atoms with Crippen LogP contribution in [0.5, 0.6) is 0 Å². The van der Waals surface area contributed by atoms with E-state index in [-0.39, 0.29) is 18.5 Å². The first-order valence-corrected chi connectivity index (χ1v) is 42.8. The zero-order valence-electron chi connectivity index (χ0n) is 63.3. The highest BCUT2D eigenvalue weighted by Gasteiger charge is 2.18. The van der Waals surface area contributed by atoms with Crippen LogP contribution in [-0.4, -0.2) is 47.4 Å². The van der Waals surface area contributed by atoms with E-state index in [9.17, 15) is 19.8 Å². The Balaban J connectivity index is 3.34. The fraction of sp³-hybridized carbons (Fsp3) is 0.908. The lowest BCUT2D eigenvalue weighted by atomic mass is 10.0. The van der Waals surface area contributed by atoms with Crippen molar-refractivity contribution < 1.29 is 24.5 Å². The molecule has 0 aromatic rings. The molecule has 2 atom stereocenters. The van der Waals surface area contributed by atoms with Gasteiger partial charge in [-0.25, -0.2) is 0 Å². The number of unbranched alkanes of at least 4 members (excludes halogenated alkanes) is 66. The fourth-order valence-corrected chi connectivity index (χ4v) is 13.7. The van der Waals surface area contributed by atoms with Crippen LogP contribution in [0.1, 0.15) is 483 Å². The lowest BCUT2D eigenvalue weighted by molar-refractivity contribution is -0.143. The van der Waals surface area contributed by atoms with E-state index >= 15 is 0 Å². The Labute approximate surface area is 583 Å². The molecule has 0 spiro atoms. The summed E-state index contributed by atoms with van der Waals surface area (Å²) in [5.74, 6) is -0.0390. The first-order valence-electron chi connectivity index (χ1n) is 42.8. The van der Waals surface area contributed by atoms with Crippen molar-refractivity contribution in [3.8, 4) is 0 Å². The molecule has 93 heavy (non-hydrogen) atoms. The Kier molecular flexibility index (Phi) is 80.8. The molecule has 0 aliphatic rings. The topological polar surface area (TPSA) is 95.9 Å². The number of carbonyl (C=O) groups is 2. The molecule has 6 nitrogen and oxygen atoms in total. The summed E-state index contributed by atoms with van der Waals surface area (Å²) in [4.78, 5) is 24.7. The van der Waals surface area contributed by atoms with E-state index < -0.39 is 12.1 Å². The van der Waals surface area contributed by atoms with Crippen molar-refractivity contribution in [1.82, 2.24) is 5.32 Å². The molecule has 0 bridgehead atoms. The van der Waals surface area contributed by atoms with E-state index in [0.717, 1.165) is 51.4 Å². The number of rotatable bonds is 81. The molecule has 550 valence electrons. The molecule has 0 saturated heterocycles. The minimum absolute atomic E-state index is 0.0187. The average molecular weight is 1310 g/mol. The van der Waals surface area contributed by atoms with Crippen molar-refractivity contribution >= 4 is 11.9 Å². The number of esters is 1. The predicted octanol–water partition coefficient (Wildman–Crippen LogP) is 28.6. The van der Waals surface area contributed by atoms with Gasteiger partial charge in [-0.05, 0) is 64.2 Å². The van der Waals surface area contributed by atoms with Gasteiger partial charge in [0.1, 0.15) is 0 Å². The van der Waals surface area contributed by atoms with E-state index in [1.54, 1.807) is 6.08 Å². The second kappa shape index (κ2) is 82.5. The quantitative estimate of drug-likeness (QED) is 0.0320. The second-order valence-electron chi connectivity index (χ2n) is 29.5. The number of aliphatic hydroxyl groups is 2. The molecule has 0 aliphatic heterocycles. The largest absolute Gasteiger partial charge is 0.466 e. The maximum absolute atomic E-state index is 12.6. The summed E-state index contributed by atoms with van der Waals surface area (Å²) >= 11 is 0. The normalized spacial score (nSPS) is 12.6. The van der Waals surface area contributed by atoms with Gasteiger partial charge in [0.25, 0.3) is 0 Å². The van der Waals surface area contributed by atoms with Crippen molar-refractivity contribution in [2.24, 2.45) is 0 Å². The van der Waals surface area contributed by atoms with Gasteiger partial charge in [-0.2, -0.15) is 0 Å². The number of hydrogen-bond acceptors (Lipinski definition) is 5. The van der Waals surface area contributed by atoms with Crippen LogP contribution in [0.3, 0.4) is 0 Å². The molecule has 2 unspecified atom stereocenters.